The molecule has 2 aromatic carbocycles. The molecule has 168 valence electrons. The van der Waals surface area contributed by atoms with Crippen LogP contribution in [0.15, 0.2) is 54.6 Å². The highest BCUT2D eigenvalue weighted by atomic mass is 19.4. The van der Waals surface area contributed by atoms with Crippen LogP contribution in [0.25, 0.3) is 0 Å². The molecule has 0 N–H and O–H groups in total. The molecular weight excluding hydrogens is 413 g/mol. The summed E-state index contributed by atoms with van der Waals surface area (Å²) in [5.41, 5.74) is 4.72. The summed E-state index contributed by atoms with van der Waals surface area (Å²) >= 11 is 0. The van der Waals surface area contributed by atoms with Gasteiger partial charge in [-0.25, -0.2) is 0 Å². The smallest absolute Gasteiger partial charge is 0.336 e. The summed E-state index contributed by atoms with van der Waals surface area (Å²) in [5.74, 6) is -0.104. The third-order valence-corrected chi connectivity index (χ3v) is 6.25. The van der Waals surface area contributed by atoms with Gasteiger partial charge in [-0.3, -0.25) is 4.79 Å². The second-order valence-electron chi connectivity index (χ2n) is 8.54. The number of alkyl halides is 3. The lowest BCUT2D eigenvalue weighted by Gasteiger charge is -2.21. The van der Waals surface area contributed by atoms with E-state index in [1.807, 2.05) is 41.8 Å². The normalized spacial score (nSPS) is 13.7. The molecule has 0 saturated heterocycles. The van der Waals surface area contributed by atoms with Crippen molar-refractivity contribution >= 4 is 5.91 Å². The van der Waals surface area contributed by atoms with Crippen molar-refractivity contribution in [2.24, 2.45) is 0 Å². The Morgan fingerprint density at radius 1 is 1.00 bits per heavy atom. The maximum Gasteiger partial charge on any atom is 0.416 e. The van der Waals surface area contributed by atoms with Crippen LogP contribution in [-0.4, -0.2) is 22.4 Å². The van der Waals surface area contributed by atoms with Gasteiger partial charge in [-0.05, 0) is 67.0 Å². The molecule has 3 nitrogen and oxygen atoms in total. The predicted molar refractivity (Wildman–Crippen MR) is 119 cm³/mol. The summed E-state index contributed by atoms with van der Waals surface area (Å²) in [6.07, 6.45) is -0.567. The monoisotopic (exact) mass is 440 g/mol. The minimum atomic E-state index is -4.39. The van der Waals surface area contributed by atoms with Gasteiger partial charge in [0.15, 0.2) is 0 Å². The lowest BCUT2D eigenvalue weighted by molar-refractivity contribution is -0.137. The molecule has 4 rings (SSSR count). The van der Waals surface area contributed by atoms with E-state index < -0.39 is 11.7 Å². The molecule has 0 radical (unpaired) electrons. The van der Waals surface area contributed by atoms with Crippen LogP contribution < -0.4 is 0 Å². The van der Waals surface area contributed by atoms with Gasteiger partial charge >= 0.3 is 6.18 Å². The van der Waals surface area contributed by atoms with Gasteiger partial charge in [0, 0.05) is 25.8 Å². The highest BCUT2D eigenvalue weighted by Gasteiger charge is 2.31. The van der Waals surface area contributed by atoms with Crippen molar-refractivity contribution in [1.29, 1.82) is 0 Å². The first kappa shape index (κ1) is 22.2. The fourth-order valence-electron chi connectivity index (χ4n) is 4.66. The summed E-state index contributed by atoms with van der Waals surface area (Å²) in [6.45, 7) is 2.69. The van der Waals surface area contributed by atoms with E-state index in [1.54, 1.807) is 18.0 Å². The van der Waals surface area contributed by atoms with Gasteiger partial charge in [0.1, 0.15) is 5.69 Å². The Bertz CT molecular complexity index is 1120. The number of fused-ring (bicyclic) bond motifs is 1. The molecule has 0 fully saturated rings. The van der Waals surface area contributed by atoms with E-state index >= 15 is 0 Å². The first-order chi connectivity index (χ1) is 15.3. The first-order valence-electron chi connectivity index (χ1n) is 10.9. The van der Waals surface area contributed by atoms with Crippen LogP contribution in [0.1, 0.15) is 56.8 Å². The van der Waals surface area contributed by atoms with Crippen molar-refractivity contribution in [1.82, 2.24) is 9.47 Å². The Balaban J connectivity index is 1.71. The topological polar surface area (TPSA) is 25.2 Å². The fraction of sp³-hybridized carbons (Fsp3) is 0.346. The van der Waals surface area contributed by atoms with Gasteiger partial charge in [-0.2, -0.15) is 13.2 Å². The van der Waals surface area contributed by atoms with Gasteiger partial charge in [-0.1, -0.05) is 42.5 Å². The number of amides is 1. The van der Waals surface area contributed by atoms with Gasteiger partial charge in [0.05, 0.1) is 5.56 Å². The van der Waals surface area contributed by atoms with E-state index in [1.165, 1.54) is 17.7 Å². The summed E-state index contributed by atoms with van der Waals surface area (Å²) in [7, 11) is 1.77. The highest BCUT2D eigenvalue weighted by Crippen LogP contribution is 2.33. The minimum Gasteiger partial charge on any atom is -0.336 e. The second-order valence-corrected chi connectivity index (χ2v) is 8.54. The lowest BCUT2D eigenvalue weighted by atomic mass is 9.95. The summed E-state index contributed by atoms with van der Waals surface area (Å²) in [4.78, 5) is 15.2. The number of nitrogens with zero attached hydrogens (tertiary/aromatic N) is 2. The molecule has 1 heterocycles. The molecule has 32 heavy (non-hydrogen) atoms. The van der Waals surface area contributed by atoms with Crippen LogP contribution in [0.3, 0.4) is 0 Å². The predicted octanol–water partition coefficient (Wildman–Crippen LogP) is 6.01. The summed E-state index contributed by atoms with van der Waals surface area (Å²) < 4.78 is 41.7. The number of halogens is 3. The molecule has 3 aromatic rings. The molecule has 6 heteroatoms. The van der Waals surface area contributed by atoms with Gasteiger partial charge in [0.25, 0.3) is 5.91 Å². The van der Waals surface area contributed by atoms with Crippen molar-refractivity contribution in [2.45, 2.75) is 51.9 Å². The third-order valence-electron chi connectivity index (χ3n) is 6.25. The zero-order valence-corrected chi connectivity index (χ0v) is 18.4. The molecule has 0 spiro atoms. The van der Waals surface area contributed by atoms with E-state index in [-0.39, 0.29) is 12.5 Å². The second kappa shape index (κ2) is 8.85. The van der Waals surface area contributed by atoms with Crippen LogP contribution in [0.5, 0.6) is 0 Å². The van der Waals surface area contributed by atoms with Crippen molar-refractivity contribution in [3.8, 4) is 0 Å². The van der Waals surface area contributed by atoms with Crippen LogP contribution in [0.2, 0.25) is 0 Å². The van der Waals surface area contributed by atoms with Gasteiger partial charge in [0.2, 0.25) is 0 Å². The molecular formula is C26H27F3N2O. The molecule has 0 saturated carbocycles. The minimum absolute atomic E-state index is 0.104. The van der Waals surface area contributed by atoms with Crippen molar-refractivity contribution < 1.29 is 18.0 Å². The molecule has 0 atom stereocenters. The van der Waals surface area contributed by atoms with Crippen LogP contribution in [0, 0.1) is 6.92 Å². The molecule has 1 aliphatic carbocycles. The number of benzene rings is 2. The molecule has 1 amide bonds. The van der Waals surface area contributed by atoms with Crippen molar-refractivity contribution in [3.05, 3.63) is 93.8 Å². The Morgan fingerprint density at radius 2 is 1.69 bits per heavy atom. The number of rotatable bonds is 5. The Morgan fingerprint density at radius 3 is 2.41 bits per heavy atom. The lowest BCUT2D eigenvalue weighted by Crippen LogP contribution is -2.29. The Labute approximate surface area is 186 Å². The van der Waals surface area contributed by atoms with Crippen LogP contribution >= 0.6 is 0 Å². The van der Waals surface area contributed by atoms with Crippen LogP contribution in [-0.2, 0) is 32.1 Å². The number of carbonyl (C=O) groups is 1. The molecule has 1 aliphatic rings. The SMILES string of the molecule is Cc1c2c(n(Cc3cccc(C(F)(F)F)c3)c1C(=O)N(C)Cc1ccccc1)CCCC2. The molecule has 0 unspecified atom stereocenters. The number of hydrogen-bond donors (Lipinski definition) is 0. The van der Waals surface area contributed by atoms with E-state index in [0.29, 0.717) is 17.8 Å². The first-order valence-corrected chi connectivity index (χ1v) is 10.9. The number of aromatic nitrogens is 1. The zero-order chi connectivity index (χ0) is 22.9. The molecule has 1 aromatic heterocycles. The number of carbonyl (C=O) groups excluding carboxylic acids is 1. The average Bonchev–Trinajstić information content (AvgIpc) is 3.05. The fourth-order valence-corrected chi connectivity index (χ4v) is 4.66. The van der Waals surface area contributed by atoms with Crippen LogP contribution in [0.4, 0.5) is 13.2 Å². The van der Waals surface area contributed by atoms with Gasteiger partial charge < -0.3 is 9.47 Å². The maximum atomic E-state index is 13.5. The van der Waals surface area contributed by atoms with E-state index in [0.717, 1.165) is 48.6 Å². The number of hydrogen-bond acceptors (Lipinski definition) is 1. The van der Waals surface area contributed by atoms with Gasteiger partial charge in [-0.15, -0.1) is 0 Å². The quantitative estimate of drug-likeness (QED) is 0.477. The average molecular weight is 441 g/mol. The van der Waals surface area contributed by atoms with Crippen molar-refractivity contribution in [3.63, 3.8) is 0 Å². The van der Waals surface area contributed by atoms with E-state index in [9.17, 15) is 18.0 Å². The molecule has 0 aliphatic heterocycles. The summed E-state index contributed by atoms with van der Waals surface area (Å²) in [5, 5.41) is 0. The van der Waals surface area contributed by atoms with Crippen molar-refractivity contribution in [2.75, 3.05) is 7.05 Å². The highest BCUT2D eigenvalue weighted by molar-refractivity contribution is 5.95. The maximum absolute atomic E-state index is 13.5. The Kier molecular flexibility index (Phi) is 6.13. The molecule has 0 bridgehead atoms. The van der Waals surface area contributed by atoms with E-state index in [2.05, 4.69) is 0 Å². The largest absolute Gasteiger partial charge is 0.416 e. The third kappa shape index (κ3) is 4.45. The van der Waals surface area contributed by atoms with E-state index in [4.69, 9.17) is 0 Å². The Hall–Kier alpha value is -3.02. The standard InChI is InChI=1S/C26H27F3N2O/c1-18-22-13-6-7-14-23(22)31(17-20-11-8-12-21(15-20)26(27,28)29)24(18)25(32)30(2)16-19-9-4-3-5-10-19/h3-5,8-12,15H,6-7,13-14,16-17H2,1-2H3. The summed E-state index contributed by atoms with van der Waals surface area (Å²) in [6, 6.07) is 15.2. The zero-order valence-electron chi connectivity index (χ0n) is 18.4.